The second kappa shape index (κ2) is 8.45. The molecule has 1 amide bonds. The van der Waals surface area contributed by atoms with Crippen LogP contribution in [0.1, 0.15) is 47.0 Å². The van der Waals surface area contributed by atoms with Crippen LogP contribution in [0, 0.1) is 0 Å². The fraction of sp³-hybridized carbons (Fsp3) is 0.450. The van der Waals surface area contributed by atoms with Gasteiger partial charge in [0.15, 0.2) is 0 Å². The van der Waals surface area contributed by atoms with E-state index in [0.717, 1.165) is 18.5 Å². The summed E-state index contributed by atoms with van der Waals surface area (Å²) in [6.45, 7) is 5.45. The topological polar surface area (TPSA) is 32.3 Å². The van der Waals surface area contributed by atoms with Crippen molar-refractivity contribution in [2.45, 2.75) is 45.2 Å². The number of carbonyl (C=O) groups is 1. The highest BCUT2D eigenvalue weighted by molar-refractivity contribution is 7.09. The summed E-state index contributed by atoms with van der Waals surface area (Å²) in [4.78, 5) is 16.2. The van der Waals surface area contributed by atoms with Crippen molar-refractivity contribution in [3.63, 3.8) is 0 Å². The largest absolute Gasteiger partial charge is 0.349 e. The predicted octanol–water partition coefficient (Wildman–Crippen LogP) is 4.10. The lowest BCUT2D eigenvalue weighted by atomic mass is 10.1. The summed E-state index contributed by atoms with van der Waals surface area (Å²) in [5, 5.41) is 5.17. The summed E-state index contributed by atoms with van der Waals surface area (Å²) in [6, 6.07) is 12.4. The zero-order valence-corrected chi connectivity index (χ0v) is 15.1. The van der Waals surface area contributed by atoms with Crippen LogP contribution >= 0.6 is 11.3 Å². The Labute approximate surface area is 148 Å². The van der Waals surface area contributed by atoms with Crippen molar-refractivity contribution in [2.75, 3.05) is 13.1 Å². The molecule has 0 saturated carbocycles. The van der Waals surface area contributed by atoms with Gasteiger partial charge in [0.2, 0.25) is 0 Å². The lowest BCUT2D eigenvalue weighted by molar-refractivity contribution is 0.0940. The lowest BCUT2D eigenvalue weighted by Gasteiger charge is -2.26. The molecule has 1 fully saturated rings. The molecule has 0 radical (unpaired) electrons. The number of likely N-dealkylation sites (tertiary alicyclic amines) is 1. The van der Waals surface area contributed by atoms with E-state index in [1.807, 2.05) is 12.1 Å². The summed E-state index contributed by atoms with van der Waals surface area (Å²) >= 11 is 1.74. The van der Waals surface area contributed by atoms with Gasteiger partial charge in [0.1, 0.15) is 0 Å². The van der Waals surface area contributed by atoms with Gasteiger partial charge in [-0.25, -0.2) is 0 Å². The van der Waals surface area contributed by atoms with Crippen molar-refractivity contribution >= 4 is 17.2 Å². The van der Waals surface area contributed by atoms with Gasteiger partial charge in [0.05, 0.1) is 0 Å². The Balaban J connectivity index is 1.51. The molecular formula is C20H26N2OS. The fourth-order valence-corrected chi connectivity index (χ4v) is 4.06. The van der Waals surface area contributed by atoms with E-state index in [-0.39, 0.29) is 11.9 Å². The molecule has 1 aliphatic rings. The first-order valence-electron chi connectivity index (χ1n) is 8.85. The monoisotopic (exact) mass is 342 g/mol. The van der Waals surface area contributed by atoms with Gasteiger partial charge in [0, 0.05) is 29.4 Å². The minimum absolute atomic E-state index is 0.0172. The molecule has 128 valence electrons. The summed E-state index contributed by atoms with van der Waals surface area (Å²) < 4.78 is 0. The maximum Gasteiger partial charge on any atom is 0.251 e. The van der Waals surface area contributed by atoms with Crippen LogP contribution in [0.3, 0.4) is 0 Å². The number of amides is 1. The van der Waals surface area contributed by atoms with Crippen molar-refractivity contribution in [2.24, 2.45) is 0 Å². The van der Waals surface area contributed by atoms with Crippen LogP contribution < -0.4 is 5.32 Å². The zero-order valence-electron chi connectivity index (χ0n) is 14.3. The van der Waals surface area contributed by atoms with E-state index in [1.165, 1.54) is 42.8 Å². The molecule has 1 saturated heterocycles. The minimum Gasteiger partial charge on any atom is -0.349 e. The van der Waals surface area contributed by atoms with E-state index in [2.05, 4.69) is 46.8 Å². The van der Waals surface area contributed by atoms with E-state index in [1.54, 1.807) is 11.3 Å². The molecule has 1 aromatic heterocycles. The number of carbonyl (C=O) groups excluding carboxylic acids is 1. The molecule has 1 aromatic carbocycles. The standard InChI is InChI=1S/C20H26N2OS/c1-16(14-19-6-5-13-24-19)21-20(23)18-9-7-17(8-10-18)15-22-11-3-2-4-12-22/h5-10,13,16H,2-4,11-12,14-15H2,1H3,(H,21,23). The SMILES string of the molecule is CC(Cc1cccs1)NC(=O)c1ccc(CN2CCCCC2)cc1. The van der Waals surface area contributed by atoms with Crippen LogP contribution in [0.25, 0.3) is 0 Å². The smallest absolute Gasteiger partial charge is 0.251 e. The third-order valence-corrected chi connectivity index (χ3v) is 5.43. The second-order valence-corrected chi connectivity index (χ2v) is 7.72. The van der Waals surface area contributed by atoms with E-state index in [0.29, 0.717) is 0 Å². The first kappa shape index (κ1) is 17.2. The van der Waals surface area contributed by atoms with Crippen molar-refractivity contribution < 1.29 is 4.79 Å². The molecule has 4 heteroatoms. The first-order valence-corrected chi connectivity index (χ1v) is 9.73. The van der Waals surface area contributed by atoms with E-state index in [4.69, 9.17) is 0 Å². The summed E-state index contributed by atoms with van der Waals surface area (Å²) in [6.07, 6.45) is 4.86. The number of hydrogen-bond acceptors (Lipinski definition) is 3. The van der Waals surface area contributed by atoms with E-state index < -0.39 is 0 Å². The van der Waals surface area contributed by atoms with Gasteiger partial charge in [0.25, 0.3) is 5.91 Å². The van der Waals surface area contributed by atoms with E-state index in [9.17, 15) is 4.79 Å². The summed E-state index contributed by atoms with van der Waals surface area (Å²) in [5.74, 6) is 0.0172. The van der Waals surface area contributed by atoms with Gasteiger partial charge in [-0.2, -0.15) is 0 Å². The molecule has 2 heterocycles. The van der Waals surface area contributed by atoms with Gasteiger partial charge >= 0.3 is 0 Å². The average Bonchev–Trinajstić information content (AvgIpc) is 3.09. The third kappa shape index (κ3) is 4.92. The molecule has 0 bridgehead atoms. The molecular weight excluding hydrogens is 316 g/mol. The molecule has 1 atom stereocenters. The van der Waals surface area contributed by atoms with Crippen molar-refractivity contribution in [3.8, 4) is 0 Å². The molecule has 3 nitrogen and oxygen atoms in total. The Morgan fingerprint density at radius 2 is 1.92 bits per heavy atom. The fourth-order valence-electron chi connectivity index (χ4n) is 3.23. The van der Waals surface area contributed by atoms with Crippen molar-refractivity contribution in [3.05, 3.63) is 57.8 Å². The molecule has 2 aromatic rings. The van der Waals surface area contributed by atoms with Crippen LogP contribution in [-0.2, 0) is 13.0 Å². The Hall–Kier alpha value is -1.65. The van der Waals surface area contributed by atoms with Gasteiger partial charge in [-0.1, -0.05) is 24.6 Å². The number of thiophene rings is 1. The number of rotatable bonds is 6. The zero-order chi connectivity index (χ0) is 16.8. The predicted molar refractivity (Wildman–Crippen MR) is 101 cm³/mol. The molecule has 0 aliphatic carbocycles. The van der Waals surface area contributed by atoms with E-state index >= 15 is 0 Å². The van der Waals surface area contributed by atoms with Crippen LogP contribution in [-0.4, -0.2) is 29.9 Å². The normalized spacial score (nSPS) is 16.7. The van der Waals surface area contributed by atoms with Crippen LogP contribution in [0.4, 0.5) is 0 Å². The molecule has 1 unspecified atom stereocenters. The van der Waals surface area contributed by atoms with Gasteiger partial charge in [-0.15, -0.1) is 11.3 Å². The third-order valence-electron chi connectivity index (χ3n) is 4.54. The molecule has 0 spiro atoms. The first-order chi connectivity index (χ1) is 11.7. The van der Waals surface area contributed by atoms with Crippen LogP contribution in [0.2, 0.25) is 0 Å². The van der Waals surface area contributed by atoms with Crippen LogP contribution in [0.5, 0.6) is 0 Å². The Morgan fingerprint density at radius 1 is 1.17 bits per heavy atom. The second-order valence-electron chi connectivity index (χ2n) is 6.69. The highest BCUT2D eigenvalue weighted by Gasteiger charge is 2.13. The molecule has 1 aliphatic heterocycles. The average molecular weight is 343 g/mol. The minimum atomic E-state index is 0.0172. The molecule has 24 heavy (non-hydrogen) atoms. The molecule has 3 rings (SSSR count). The maximum atomic E-state index is 12.4. The summed E-state index contributed by atoms with van der Waals surface area (Å²) in [7, 11) is 0. The Bertz CT molecular complexity index is 630. The highest BCUT2D eigenvalue weighted by Crippen LogP contribution is 2.14. The van der Waals surface area contributed by atoms with Crippen molar-refractivity contribution in [1.29, 1.82) is 0 Å². The van der Waals surface area contributed by atoms with Gasteiger partial charge in [-0.3, -0.25) is 9.69 Å². The number of nitrogens with one attached hydrogen (secondary N) is 1. The highest BCUT2D eigenvalue weighted by atomic mass is 32.1. The van der Waals surface area contributed by atoms with Gasteiger partial charge < -0.3 is 5.32 Å². The lowest BCUT2D eigenvalue weighted by Crippen LogP contribution is -2.33. The Morgan fingerprint density at radius 3 is 2.58 bits per heavy atom. The van der Waals surface area contributed by atoms with Gasteiger partial charge in [-0.05, 0) is 62.0 Å². The van der Waals surface area contributed by atoms with Crippen LogP contribution in [0.15, 0.2) is 41.8 Å². The Kier molecular flexibility index (Phi) is 6.05. The summed E-state index contributed by atoms with van der Waals surface area (Å²) in [5.41, 5.74) is 2.04. The number of piperidine rings is 1. The van der Waals surface area contributed by atoms with Crippen molar-refractivity contribution in [1.82, 2.24) is 10.2 Å². The number of hydrogen-bond donors (Lipinski definition) is 1. The quantitative estimate of drug-likeness (QED) is 0.857. The number of nitrogens with zero attached hydrogens (tertiary/aromatic N) is 1. The number of benzene rings is 1. The molecule has 1 N–H and O–H groups in total. The maximum absolute atomic E-state index is 12.4.